The van der Waals surface area contributed by atoms with Crippen molar-refractivity contribution in [2.75, 3.05) is 18.5 Å². The molecule has 0 atom stereocenters. The largest absolute Gasteiger partial charge is 0.492 e. The van der Waals surface area contributed by atoms with Gasteiger partial charge in [0, 0.05) is 34.3 Å². The van der Waals surface area contributed by atoms with E-state index < -0.39 is 5.97 Å². The van der Waals surface area contributed by atoms with Gasteiger partial charge in [-0.1, -0.05) is 0 Å². The van der Waals surface area contributed by atoms with E-state index in [1.165, 1.54) is 28.6 Å². The Kier molecular flexibility index (Phi) is 7.23. The summed E-state index contributed by atoms with van der Waals surface area (Å²) in [5.41, 5.74) is 2.83. The van der Waals surface area contributed by atoms with Gasteiger partial charge in [0.2, 0.25) is 0 Å². The molecule has 3 aromatic heterocycles. The van der Waals surface area contributed by atoms with E-state index in [4.69, 9.17) is 9.84 Å². The molecule has 4 rings (SSSR count). The van der Waals surface area contributed by atoms with Gasteiger partial charge in [-0.2, -0.15) is 0 Å². The van der Waals surface area contributed by atoms with Crippen molar-refractivity contribution in [2.45, 2.75) is 27.2 Å². The number of hydrogen-bond acceptors (Lipinski definition) is 7. The molecule has 6 nitrogen and oxygen atoms in total. The molecule has 0 aliphatic heterocycles. The van der Waals surface area contributed by atoms with E-state index in [1.807, 2.05) is 26.0 Å². The molecular formula is C25H24FN3O3S2. The maximum absolute atomic E-state index is 14.0. The molecule has 0 bridgehead atoms. The SMILES string of the molecule is CCOc1cc(-c2cc(NCCc3c(C)sc4c(C)cc(F)cc34)ncn2)sc1/C=C/C(=O)O. The first kappa shape index (κ1) is 23.8. The van der Waals surface area contributed by atoms with Gasteiger partial charge in [0.1, 0.15) is 23.7 Å². The summed E-state index contributed by atoms with van der Waals surface area (Å²) >= 11 is 3.10. The lowest BCUT2D eigenvalue weighted by Gasteiger charge is -2.07. The van der Waals surface area contributed by atoms with Gasteiger partial charge in [0.05, 0.1) is 22.1 Å². The molecule has 0 saturated carbocycles. The van der Waals surface area contributed by atoms with Gasteiger partial charge in [-0.3, -0.25) is 0 Å². The summed E-state index contributed by atoms with van der Waals surface area (Å²) in [7, 11) is 0. The minimum atomic E-state index is -1.02. The summed E-state index contributed by atoms with van der Waals surface area (Å²) < 4.78 is 20.8. The van der Waals surface area contributed by atoms with Gasteiger partial charge in [0.15, 0.2) is 0 Å². The van der Waals surface area contributed by atoms with Crippen LogP contribution in [0.1, 0.15) is 27.8 Å². The fraction of sp³-hybridized carbons (Fsp3) is 0.240. The first-order chi connectivity index (χ1) is 16.4. The Bertz CT molecular complexity index is 1380. The first-order valence-corrected chi connectivity index (χ1v) is 12.4. The van der Waals surface area contributed by atoms with Gasteiger partial charge in [-0.25, -0.2) is 19.2 Å². The normalized spacial score (nSPS) is 11.4. The standard InChI is InChI=1S/C25H24FN3O3S2/c1-4-32-20-12-22(34-21(20)5-6-24(30)31)19-11-23(29-13-28-19)27-8-7-17-15(3)33-25-14(2)9-16(26)10-18(17)25/h5-6,9-13H,4,7-8H2,1-3H3,(H,30,31)(H,27,28,29)/b6-5+. The van der Waals surface area contributed by atoms with Crippen molar-refractivity contribution in [1.29, 1.82) is 0 Å². The average molecular weight is 498 g/mol. The van der Waals surface area contributed by atoms with Crippen molar-refractivity contribution in [2.24, 2.45) is 0 Å². The third kappa shape index (κ3) is 5.26. The van der Waals surface area contributed by atoms with Crippen LogP contribution in [0.4, 0.5) is 10.2 Å². The van der Waals surface area contributed by atoms with E-state index in [0.29, 0.717) is 30.4 Å². The quantitative estimate of drug-likeness (QED) is 0.263. The summed E-state index contributed by atoms with van der Waals surface area (Å²) in [6.07, 6.45) is 4.86. The van der Waals surface area contributed by atoms with Crippen LogP contribution in [0.5, 0.6) is 5.75 Å². The van der Waals surface area contributed by atoms with Crippen LogP contribution in [0.15, 0.2) is 36.7 Å². The number of rotatable bonds is 9. The monoisotopic (exact) mass is 497 g/mol. The summed E-state index contributed by atoms with van der Waals surface area (Å²) in [4.78, 5) is 22.4. The van der Waals surface area contributed by atoms with E-state index >= 15 is 0 Å². The van der Waals surface area contributed by atoms with Gasteiger partial charge >= 0.3 is 5.97 Å². The fourth-order valence-electron chi connectivity index (χ4n) is 3.75. The third-order valence-electron chi connectivity index (χ3n) is 5.25. The average Bonchev–Trinajstić information content (AvgIpc) is 3.34. The number of carbonyl (C=O) groups is 1. The Hall–Kier alpha value is -3.30. The number of carboxylic acids is 1. The van der Waals surface area contributed by atoms with E-state index in [1.54, 1.807) is 23.5 Å². The van der Waals surface area contributed by atoms with Gasteiger partial charge in [0.25, 0.3) is 0 Å². The van der Waals surface area contributed by atoms with Crippen molar-refractivity contribution >= 4 is 50.6 Å². The lowest BCUT2D eigenvalue weighted by Crippen LogP contribution is -2.07. The van der Waals surface area contributed by atoms with Crippen LogP contribution in [0, 0.1) is 19.7 Å². The summed E-state index contributed by atoms with van der Waals surface area (Å²) in [6, 6.07) is 6.91. The van der Waals surface area contributed by atoms with Crippen LogP contribution in [0.25, 0.3) is 26.7 Å². The van der Waals surface area contributed by atoms with Crippen LogP contribution in [0.2, 0.25) is 0 Å². The molecule has 0 radical (unpaired) electrons. The molecular weight excluding hydrogens is 473 g/mol. The molecule has 0 unspecified atom stereocenters. The van der Waals surface area contributed by atoms with Crippen molar-refractivity contribution in [3.8, 4) is 16.3 Å². The van der Waals surface area contributed by atoms with Crippen molar-refractivity contribution in [3.63, 3.8) is 0 Å². The number of aryl methyl sites for hydroxylation is 2. The number of nitrogens with one attached hydrogen (secondary N) is 1. The fourth-order valence-corrected chi connectivity index (χ4v) is 5.88. The van der Waals surface area contributed by atoms with Crippen molar-refractivity contribution in [3.05, 3.63) is 63.4 Å². The molecule has 0 fully saturated rings. The number of hydrogen-bond donors (Lipinski definition) is 2. The van der Waals surface area contributed by atoms with Crippen LogP contribution < -0.4 is 10.1 Å². The number of ether oxygens (including phenoxy) is 1. The third-order valence-corrected chi connectivity index (χ3v) is 7.65. The van der Waals surface area contributed by atoms with Crippen LogP contribution in [-0.2, 0) is 11.2 Å². The lowest BCUT2D eigenvalue weighted by atomic mass is 10.1. The molecule has 0 spiro atoms. The number of fused-ring (bicyclic) bond motifs is 1. The summed E-state index contributed by atoms with van der Waals surface area (Å²) in [5, 5.41) is 13.3. The van der Waals surface area contributed by atoms with E-state index in [9.17, 15) is 9.18 Å². The molecule has 1 aromatic carbocycles. The number of thiophene rings is 2. The predicted molar refractivity (Wildman–Crippen MR) is 137 cm³/mol. The highest BCUT2D eigenvalue weighted by atomic mass is 32.1. The number of anilines is 1. The number of carboxylic acid groups (broad SMARTS) is 1. The van der Waals surface area contributed by atoms with E-state index in [2.05, 4.69) is 22.2 Å². The van der Waals surface area contributed by atoms with Crippen molar-refractivity contribution in [1.82, 2.24) is 9.97 Å². The Morgan fingerprint density at radius 3 is 2.79 bits per heavy atom. The number of aliphatic carboxylic acids is 1. The number of halogens is 1. The Morgan fingerprint density at radius 2 is 2.03 bits per heavy atom. The molecule has 0 aliphatic rings. The highest BCUT2D eigenvalue weighted by Crippen LogP contribution is 2.37. The molecule has 0 amide bonds. The second-order valence-electron chi connectivity index (χ2n) is 7.65. The van der Waals surface area contributed by atoms with Crippen molar-refractivity contribution < 1.29 is 19.0 Å². The summed E-state index contributed by atoms with van der Waals surface area (Å²) in [5.74, 6) is 0.0730. The number of nitrogens with zero attached hydrogens (tertiary/aromatic N) is 2. The second kappa shape index (κ2) is 10.3. The highest BCUT2D eigenvalue weighted by molar-refractivity contribution is 7.19. The molecule has 34 heavy (non-hydrogen) atoms. The first-order valence-electron chi connectivity index (χ1n) is 10.8. The second-order valence-corrected chi connectivity index (χ2v) is 9.95. The van der Waals surface area contributed by atoms with E-state index in [-0.39, 0.29) is 5.82 Å². The number of aromatic nitrogens is 2. The molecule has 2 N–H and O–H groups in total. The highest BCUT2D eigenvalue weighted by Gasteiger charge is 2.14. The molecule has 9 heteroatoms. The smallest absolute Gasteiger partial charge is 0.328 e. The zero-order chi connectivity index (χ0) is 24.2. The Morgan fingerprint density at radius 1 is 1.21 bits per heavy atom. The zero-order valence-electron chi connectivity index (χ0n) is 19.0. The maximum Gasteiger partial charge on any atom is 0.328 e. The van der Waals surface area contributed by atoms with Gasteiger partial charge in [-0.15, -0.1) is 22.7 Å². The number of benzene rings is 1. The Balaban J connectivity index is 1.51. The maximum atomic E-state index is 14.0. The zero-order valence-corrected chi connectivity index (χ0v) is 20.6. The van der Waals surface area contributed by atoms with Gasteiger partial charge < -0.3 is 15.2 Å². The predicted octanol–water partition coefficient (Wildman–Crippen LogP) is 6.33. The van der Waals surface area contributed by atoms with Crippen LogP contribution in [-0.4, -0.2) is 34.2 Å². The molecule has 3 heterocycles. The lowest BCUT2D eigenvalue weighted by molar-refractivity contribution is -0.131. The van der Waals surface area contributed by atoms with Crippen LogP contribution >= 0.6 is 22.7 Å². The minimum Gasteiger partial charge on any atom is -0.492 e. The topological polar surface area (TPSA) is 84.3 Å². The minimum absolute atomic E-state index is 0.211. The molecule has 0 saturated heterocycles. The van der Waals surface area contributed by atoms with Crippen LogP contribution in [0.3, 0.4) is 0 Å². The summed E-state index contributed by atoms with van der Waals surface area (Å²) in [6.45, 7) is 7.00. The van der Waals surface area contributed by atoms with Gasteiger partial charge in [-0.05, 0) is 61.9 Å². The molecule has 176 valence electrons. The van der Waals surface area contributed by atoms with E-state index in [0.717, 1.165) is 43.5 Å². The molecule has 4 aromatic rings. The molecule has 0 aliphatic carbocycles. The Labute approximate surface area is 204 Å².